The third-order valence-electron chi connectivity index (χ3n) is 8.96. The lowest BCUT2D eigenvalue weighted by molar-refractivity contribution is -0.145. The number of hydrogen-bond acceptors (Lipinski definition) is 8. The number of pyridine rings is 1. The number of carbonyl (C=O) groups is 1. The average Bonchev–Trinajstić information content (AvgIpc) is 3.14. The predicted octanol–water partition coefficient (Wildman–Crippen LogP) is 7.36. The van der Waals surface area contributed by atoms with Crippen molar-refractivity contribution < 1.29 is 24.5 Å². The van der Waals surface area contributed by atoms with E-state index < -0.39 is 18.1 Å². The molecular formula is C41H41ClN4O5. The van der Waals surface area contributed by atoms with Crippen molar-refractivity contribution in [3.8, 4) is 39.8 Å². The summed E-state index contributed by atoms with van der Waals surface area (Å²) in [7, 11) is 1.95. The summed E-state index contributed by atoms with van der Waals surface area (Å²) in [5.74, 6) is -0.422. The molecule has 1 atom stereocenters. The number of halogens is 1. The SMILES string of the molecule is CNCc1cccc(-c2cccc(-c3cccc(COc4cc(OCc5cncc(C#N)c5)c(CN[C@@](C)(CO)C(=O)O)cc4Cl)c3C)c2C)c1. The zero-order valence-electron chi connectivity index (χ0n) is 29.1. The summed E-state index contributed by atoms with van der Waals surface area (Å²) >= 11 is 6.74. The van der Waals surface area contributed by atoms with Gasteiger partial charge in [0, 0.05) is 42.7 Å². The summed E-state index contributed by atoms with van der Waals surface area (Å²) in [6, 6.07) is 28.2. The van der Waals surface area contributed by atoms with Gasteiger partial charge in [0.25, 0.3) is 0 Å². The van der Waals surface area contributed by atoms with E-state index in [1.807, 2.05) is 19.2 Å². The van der Waals surface area contributed by atoms with Crippen molar-refractivity contribution >= 4 is 17.6 Å². The highest BCUT2D eigenvalue weighted by molar-refractivity contribution is 6.32. The van der Waals surface area contributed by atoms with E-state index in [2.05, 4.69) is 84.1 Å². The van der Waals surface area contributed by atoms with E-state index in [1.54, 1.807) is 24.4 Å². The molecular weight excluding hydrogens is 664 g/mol. The molecule has 0 saturated heterocycles. The minimum atomic E-state index is -1.58. The summed E-state index contributed by atoms with van der Waals surface area (Å²) in [5.41, 5.74) is 9.12. The highest BCUT2D eigenvalue weighted by Crippen LogP contribution is 2.37. The third-order valence-corrected chi connectivity index (χ3v) is 9.26. The Hall–Kier alpha value is -5.24. The fraction of sp³-hybridized carbons (Fsp3) is 0.244. The number of aliphatic carboxylic acids is 1. The maximum absolute atomic E-state index is 11.8. The van der Waals surface area contributed by atoms with Crippen molar-refractivity contribution in [2.45, 2.75) is 52.6 Å². The Morgan fingerprint density at radius 1 is 0.863 bits per heavy atom. The van der Waals surface area contributed by atoms with Gasteiger partial charge in [-0.25, -0.2) is 0 Å². The van der Waals surface area contributed by atoms with Crippen molar-refractivity contribution in [2.75, 3.05) is 13.7 Å². The number of ether oxygens (including phenoxy) is 2. The largest absolute Gasteiger partial charge is 0.488 e. The lowest BCUT2D eigenvalue weighted by Crippen LogP contribution is -2.52. The summed E-state index contributed by atoms with van der Waals surface area (Å²) < 4.78 is 12.5. The van der Waals surface area contributed by atoms with Crippen LogP contribution in [-0.4, -0.2) is 40.4 Å². The summed E-state index contributed by atoms with van der Waals surface area (Å²) in [6.45, 7) is 6.17. The van der Waals surface area contributed by atoms with Gasteiger partial charge in [0.15, 0.2) is 0 Å². The van der Waals surface area contributed by atoms with Crippen molar-refractivity contribution in [3.05, 3.63) is 135 Å². The molecule has 9 nitrogen and oxygen atoms in total. The topological polar surface area (TPSA) is 137 Å². The molecule has 0 spiro atoms. The molecule has 0 amide bonds. The number of carboxylic acid groups (broad SMARTS) is 1. The molecule has 5 rings (SSSR count). The number of aliphatic hydroxyl groups is 1. The van der Waals surface area contributed by atoms with Crippen molar-refractivity contribution in [1.82, 2.24) is 15.6 Å². The van der Waals surface area contributed by atoms with Crippen LogP contribution in [0.15, 0.2) is 91.3 Å². The Morgan fingerprint density at radius 2 is 1.57 bits per heavy atom. The van der Waals surface area contributed by atoms with Crippen LogP contribution in [0.2, 0.25) is 5.02 Å². The number of nitriles is 1. The number of nitrogens with one attached hydrogen (secondary N) is 2. The molecule has 0 unspecified atom stereocenters. The maximum Gasteiger partial charge on any atom is 0.326 e. The van der Waals surface area contributed by atoms with Crippen LogP contribution < -0.4 is 20.1 Å². The Kier molecular flexibility index (Phi) is 12.1. The monoisotopic (exact) mass is 704 g/mol. The van der Waals surface area contributed by atoms with E-state index in [-0.39, 0.29) is 19.8 Å². The van der Waals surface area contributed by atoms with Crippen LogP contribution in [0.4, 0.5) is 0 Å². The van der Waals surface area contributed by atoms with Crippen LogP contribution in [-0.2, 0) is 31.1 Å². The third kappa shape index (κ3) is 8.74. The fourth-order valence-electron chi connectivity index (χ4n) is 5.82. The smallest absolute Gasteiger partial charge is 0.326 e. The van der Waals surface area contributed by atoms with Gasteiger partial charge in [-0.05, 0) is 90.5 Å². The van der Waals surface area contributed by atoms with Crippen LogP contribution in [0, 0.1) is 25.2 Å². The van der Waals surface area contributed by atoms with Crippen molar-refractivity contribution in [3.63, 3.8) is 0 Å². The van der Waals surface area contributed by atoms with Crippen LogP contribution in [0.1, 0.15) is 45.9 Å². The molecule has 0 saturated carbocycles. The Bertz CT molecular complexity index is 2080. The van der Waals surface area contributed by atoms with E-state index in [0.717, 1.165) is 28.8 Å². The van der Waals surface area contributed by atoms with Crippen LogP contribution in [0.3, 0.4) is 0 Å². The Morgan fingerprint density at radius 3 is 2.29 bits per heavy atom. The Balaban J connectivity index is 1.42. The minimum Gasteiger partial charge on any atom is -0.488 e. The molecule has 0 aliphatic carbocycles. The van der Waals surface area contributed by atoms with Crippen LogP contribution in [0.25, 0.3) is 22.3 Å². The van der Waals surface area contributed by atoms with E-state index in [4.69, 9.17) is 21.1 Å². The number of rotatable bonds is 15. The summed E-state index contributed by atoms with van der Waals surface area (Å²) in [6.07, 6.45) is 3.07. The normalized spacial score (nSPS) is 12.2. The minimum absolute atomic E-state index is 0.0362. The lowest BCUT2D eigenvalue weighted by Gasteiger charge is -2.25. The van der Waals surface area contributed by atoms with Gasteiger partial charge < -0.3 is 25.0 Å². The Labute approximate surface area is 303 Å². The molecule has 0 radical (unpaired) electrons. The first-order valence-corrected chi connectivity index (χ1v) is 16.9. The standard InChI is InChI=1S/C41H41ClN4O5/c1-26-32(10-6-12-35(26)36-13-7-11-34(27(36)2)31-9-5-8-28(15-31)19-44-4)24-51-39-17-38(50-23-30-14-29(18-43)20-45-21-30)33(16-37(39)42)22-46-41(3,25-47)40(48)49/h5-17,20-21,44,46-47H,19,22-25H2,1-4H3,(H,48,49)/t41-/m0/s1. The maximum atomic E-state index is 11.8. The fourth-order valence-corrected chi connectivity index (χ4v) is 6.06. The van der Waals surface area contributed by atoms with Gasteiger partial charge in [0.1, 0.15) is 36.3 Å². The molecule has 51 heavy (non-hydrogen) atoms. The highest BCUT2D eigenvalue weighted by Gasteiger charge is 2.32. The molecule has 1 aromatic heterocycles. The molecule has 0 aliphatic heterocycles. The van der Waals surface area contributed by atoms with Gasteiger partial charge in [-0.2, -0.15) is 5.26 Å². The molecule has 0 fully saturated rings. The first kappa shape index (κ1) is 37.0. The van der Waals surface area contributed by atoms with Crippen LogP contribution in [0.5, 0.6) is 11.5 Å². The number of benzene rings is 4. The number of hydrogen-bond donors (Lipinski definition) is 4. The van der Waals surface area contributed by atoms with E-state index in [9.17, 15) is 20.3 Å². The predicted molar refractivity (Wildman–Crippen MR) is 199 cm³/mol. The molecule has 5 aromatic rings. The number of aliphatic hydroxyl groups excluding tert-OH is 1. The van der Waals surface area contributed by atoms with Gasteiger partial charge in [-0.1, -0.05) is 66.2 Å². The van der Waals surface area contributed by atoms with Crippen molar-refractivity contribution in [1.29, 1.82) is 5.26 Å². The molecule has 0 aliphatic rings. The average molecular weight is 705 g/mol. The molecule has 262 valence electrons. The highest BCUT2D eigenvalue weighted by atomic mass is 35.5. The number of carboxylic acids is 1. The molecule has 4 aromatic carbocycles. The van der Waals surface area contributed by atoms with Gasteiger partial charge >= 0.3 is 5.97 Å². The zero-order valence-corrected chi connectivity index (χ0v) is 29.8. The molecule has 0 bridgehead atoms. The van der Waals surface area contributed by atoms with Gasteiger partial charge in [0.2, 0.25) is 0 Å². The van der Waals surface area contributed by atoms with Crippen LogP contribution >= 0.6 is 11.6 Å². The molecule has 1 heterocycles. The number of nitrogens with zero attached hydrogens (tertiary/aromatic N) is 2. The van der Waals surface area contributed by atoms with E-state index >= 15 is 0 Å². The van der Waals surface area contributed by atoms with Gasteiger partial charge in [0.05, 0.1) is 17.2 Å². The second kappa shape index (κ2) is 16.6. The number of aromatic nitrogens is 1. The molecule has 10 heteroatoms. The second-order valence-electron chi connectivity index (χ2n) is 12.6. The van der Waals surface area contributed by atoms with E-state index in [0.29, 0.717) is 33.2 Å². The second-order valence-corrected chi connectivity index (χ2v) is 13.0. The van der Waals surface area contributed by atoms with E-state index in [1.165, 1.54) is 35.4 Å². The first-order chi connectivity index (χ1) is 24.6. The summed E-state index contributed by atoms with van der Waals surface area (Å²) in [4.78, 5) is 15.9. The molecule has 4 N–H and O–H groups in total. The summed E-state index contributed by atoms with van der Waals surface area (Å²) in [5, 5.41) is 35.1. The lowest BCUT2D eigenvalue weighted by atomic mass is 9.89. The van der Waals surface area contributed by atoms with Crippen molar-refractivity contribution in [2.24, 2.45) is 0 Å². The first-order valence-electron chi connectivity index (χ1n) is 16.5. The van der Waals surface area contributed by atoms with Gasteiger partial charge in [-0.15, -0.1) is 0 Å². The zero-order chi connectivity index (χ0) is 36.5. The van der Waals surface area contributed by atoms with Gasteiger partial charge in [-0.3, -0.25) is 15.1 Å². The quantitative estimate of drug-likeness (QED) is 0.0881.